The summed E-state index contributed by atoms with van der Waals surface area (Å²) < 4.78 is 6.77. The van der Waals surface area contributed by atoms with Gasteiger partial charge in [-0.1, -0.05) is 11.6 Å². The van der Waals surface area contributed by atoms with Crippen LogP contribution in [0.3, 0.4) is 0 Å². The van der Waals surface area contributed by atoms with Crippen molar-refractivity contribution in [3.8, 4) is 11.5 Å². The molecule has 0 unspecified atom stereocenters. The molecule has 1 aromatic carbocycles. The summed E-state index contributed by atoms with van der Waals surface area (Å²) in [7, 11) is 0. The number of aromatic nitrogens is 2. The maximum absolute atomic E-state index is 6.01. The van der Waals surface area contributed by atoms with E-state index in [0.717, 1.165) is 34.6 Å². The van der Waals surface area contributed by atoms with Crippen molar-refractivity contribution in [2.24, 2.45) is 0 Å². The lowest BCUT2D eigenvalue weighted by Crippen LogP contribution is -2.17. The Morgan fingerprint density at radius 3 is 3.00 bits per heavy atom. The summed E-state index contributed by atoms with van der Waals surface area (Å²) in [6, 6.07) is 6.41. The maximum Gasteiger partial charge on any atom is 0.248 e. The number of rotatable bonds is 6. The Morgan fingerprint density at radius 2 is 2.20 bits per heavy atom. The van der Waals surface area contributed by atoms with E-state index in [0.29, 0.717) is 16.8 Å². The van der Waals surface area contributed by atoms with Gasteiger partial charge in [0.1, 0.15) is 0 Å². The highest BCUT2D eigenvalue weighted by Crippen LogP contribution is 2.27. The molecule has 0 atom stereocenters. The zero-order valence-corrected chi connectivity index (χ0v) is 13.8. The monoisotopic (exact) mass is 403 g/mol. The smallest absolute Gasteiger partial charge is 0.248 e. The van der Waals surface area contributed by atoms with Crippen LogP contribution in [0.15, 0.2) is 22.6 Å². The first-order valence-electron chi connectivity index (χ1n) is 6.73. The van der Waals surface area contributed by atoms with Gasteiger partial charge in [0.2, 0.25) is 11.8 Å². The van der Waals surface area contributed by atoms with E-state index in [-0.39, 0.29) is 0 Å². The fourth-order valence-electron chi connectivity index (χ4n) is 1.96. The molecule has 1 saturated carbocycles. The topological polar surface area (TPSA) is 51.0 Å². The van der Waals surface area contributed by atoms with Crippen LogP contribution in [0, 0.1) is 3.57 Å². The number of nitrogens with zero attached hydrogens (tertiary/aromatic N) is 2. The highest BCUT2D eigenvalue weighted by molar-refractivity contribution is 14.1. The SMILES string of the molecule is Clc1ccc(I)c(-c2nnc(CCCNC3CC3)o2)c1. The van der Waals surface area contributed by atoms with Gasteiger partial charge in [-0.05, 0) is 66.6 Å². The molecule has 4 nitrogen and oxygen atoms in total. The van der Waals surface area contributed by atoms with E-state index in [1.807, 2.05) is 18.2 Å². The summed E-state index contributed by atoms with van der Waals surface area (Å²) in [5.74, 6) is 1.23. The first-order chi connectivity index (χ1) is 9.72. The van der Waals surface area contributed by atoms with Gasteiger partial charge in [0.15, 0.2) is 0 Å². The first-order valence-corrected chi connectivity index (χ1v) is 8.19. The quantitative estimate of drug-likeness (QED) is 0.590. The van der Waals surface area contributed by atoms with Crippen molar-refractivity contribution in [3.05, 3.63) is 32.7 Å². The van der Waals surface area contributed by atoms with Crippen LogP contribution in [-0.2, 0) is 6.42 Å². The molecule has 1 aromatic heterocycles. The molecular weight excluding hydrogens is 389 g/mol. The standard InChI is InChI=1S/C14H15ClIN3O/c15-9-3-6-12(16)11(8-9)14-19-18-13(20-14)2-1-7-17-10-4-5-10/h3,6,8,10,17H,1-2,4-5,7H2. The van der Waals surface area contributed by atoms with Crippen molar-refractivity contribution < 1.29 is 4.42 Å². The van der Waals surface area contributed by atoms with Gasteiger partial charge in [-0.15, -0.1) is 10.2 Å². The number of hydrogen-bond acceptors (Lipinski definition) is 4. The van der Waals surface area contributed by atoms with Gasteiger partial charge in [-0.2, -0.15) is 0 Å². The fourth-order valence-corrected chi connectivity index (χ4v) is 2.70. The number of hydrogen-bond donors (Lipinski definition) is 1. The largest absolute Gasteiger partial charge is 0.421 e. The minimum Gasteiger partial charge on any atom is -0.421 e. The van der Waals surface area contributed by atoms with Gasteiger partial charge >= 0.3 is 0 Å². The van der Waals surface area contributed by atoms with E-state index in [1.54, 1.807) is 0 Å². The average molecular weight is 404 g/mol. The normalized spacial score (nSPS) is 14.7. The minimum atomic E-state index is 0.544. The molecule has 0 saturated heterocycles. The van der Waals surface area contributed by atoms with Gasteiger partial charge in [0.25, 0.3) is 0 Å². The van der Waals surface area contributed by atoms with Crippen LogP contribution in [0.5, 0.6) is 0 Å². The molecule has 1 aliphatic rings. The molecule has 0 spiro atoms. The Morgan fingerprint density at radius 1 is 1.35 bits per heavy atom. The van der Waals surface area contributed by atoms with Crippen LogP contribution in [0.4, 0.5) is 0 Å². The summed E-state index contributed by atoms with van der Waals surface area (Å²) in [5.41, 5.74) is 0.896. The number of benzene rings is 1. The number of aryl methyl sites for hydroxylation is 1. The second-order valence-electron chi connectivity index (χ2n) is 4.96. The number of halogens is 2. The van der Waals surface area contributed by atoms with Crippen molar-refractivity contribution >= 4 is 34.2 Å². The van der Waals surface area contributed by atoms with Gasteiger partial charge in [-0.3, -0.25) is 0 Å². The highest BCUT2D eigenvalue weighted by Gasteiger charge is 2.19. The first kappa shape index (κ1) is 14.3. The summed E-state index contributed by atoms with van der Waals surface area (Å²) in [6.07, 6.45) is 4.46. The second kappa shape index (κ2) is 6.41. The van der Waals surface area contributed by atoms with Crippen molar-refractivity contribution in [2.75, 3.05) is 6.54 Å². The molecule has 1 aliphatic carbocycles. The predicted molar refractivity (Wildman–Crippen MR) is 86.8 cm³/mol. The maximum atomic E-state index is 6.01. The third-order valence-electron chi connectivity index (χ3n) is 3.20. The number of nitrogens with one attached hydrogen (secondary N) is 1. The van der Waals surface area contributed by atoms with Gasteiger partial charge in [0.05, 0.1) is 5.56 Å². The zero-order valence-electron chi connectivity index (χ0n) is 10.9. The molecule has 20 heavy (non-hydrogen) atoms. The van der Waals surface area contributed by atoms with E-state index in [2.05, 4.69) is 38.1 Å². The average Bonchev–Trinajstić information content (AvgIpc) is 3.15. The van der Waals surface area contributed by atoms with Crippen molar-refractivity contribution in [3.63, 3.8) is 0 Å². The van der Waals surface area contributed by atoms with Crippen LogP contribution < -0.4 is 5.32 Å². The molecule has 0 bridgehead atoms. The molecule has 1 fully saturated rings. The molecular formula is C14H15ClIN3O. The lowest BCUT2D eigenvalue weighted by molar-refractivity contribution is 0.490. The minimum absolute atomic E-state index is 0.544. The fraction of sp³-hybridized carbons (Fsp3) is 0.429. The molecule has 1 N–H and O–H groups in total. The van der Waals surface area contributed by atoms with E-state index in [9.17, 15) is 0 Å². The van der Waals surface area contributed by atoms with E-state index in [1.165, 1.54) is 12.8 Å². The van der Waals surface area contributed by atoms with Crippen LogP contribution in [0.2, 0.25) is 5.02 Å². The van der Waals surface area contributed by atoms with Crippen LogP contribution in [0.1, 0.15) is 25.2 Å². The Kier molecular flexibility index (Phi) is 4.58. The lowest BCUT2D eigenvalue weighted by atomic mass is 10.2. The third-order valence-corrected chi connectivity index (χ3v) is 4.38. The summed E-state index contributed by atoms with van der Waals surface area (Å²) in [6.45, 7) is 1.01. The van der Waals surface area contributed by atoms with E-state index >= 15 is 0 Å². The van der Waals surface area contributed by atoms with Crippen LogP contribution in [-0.4, -0.2) is 22.8 Å². The molecule has 6 heteroatoms. The molecule has 0 aliphatic heterocycles. The lowest BCUT2D eigenvalue weighted by Gasteiger charge is -2.00. The van der Waals surface area contributed by atoms with Crippen molar-refractivity contribution in [1.82, 2.24) is 15.5 Å². The highest BCUT2D eigenvalue weighted by atomic mass is 127. The molecule has 106 valence electrons. The molecule has 0 radical (unpaired) electrons. The van der Waals surface area contributed by atoms with Crippen molar-refractivity contribution in [1.29, 1.82) is 0 Å². The summed E-state index contributed by atoms with van der Waals surface area (Å²) in [5, 5.41) is 12.4. The molecule has 2 aromatic rings. The Hall–Kier alpha value is -0.660. The second-order valence-corrected chi connectivity index (χ2v) is 6.56. The zero-order chi connectivity index (χ0) is 13.9. The predicted octanol–water partition coefficient (Wildman–Crippen LogP) is 3.68. The van der Waals surface area contributed by atoms with Crippen LogP contribution >= 0.6 is 34.2 Å². The molecule has 0 amide bonds. The van der Waals surface area contributed by atoms with Crippen molar-refractivity contribution in [2.45, 2.75) is 31.7 Å². The summed E-state index contributed by atoms with van der Waals surface area (Å²) >= 11 is 8.25. The van der Waals surface area contributed by atoms with E-state index in [4.69, 9.17) is 16.0 Å². The third kappa shape index (κ3) is 3.71. The van der Waals surface area contributed by atoms with Gasteiger partial charge in [-0.25, -0.2) is 0 Å². The Labute approximate surface area is 136 Å². The van der Waals surface area contributed by atoms with Gasteiger partial charge in [0, 0.05) is 21.1 Å². The van der Waals surface area contributed by atoms with Gasteiger partial charge < -0.3 is 9.73 Å². The molecule has 3 rings (SSSR count). The van der Waals surface area contributed by atoms with E-state index < -0.39 is 0 Å². The van der Waals surface area contributed by atoms with Crippen LogP contribution in [0.25, 0.3) is 11.5 Å². The Balaban J connectivity index is 1.61. The summed E-state index contributed by atoms with van der Waals surface area (Å²) in [4.78, 5) is 0. The Bertz CT molecular complexity index is 598. The molecule has 1 heterocycles.